The number of anilines is 1. The summed E-state index contributed by atoms with van der Waals surface area (Å²) in [6.45, 7) is 12.0. The summed E-state index contributed by atoms with van der Waals surface area (Å²) in [4.78, 5) is 16.4. The first kappa shape index (κ1) is 25.7. The number of nitrogens with zero attached hydrogens (tertiary/aromatic N) is 3. The first-order chi connectivity index (χ1) is 13.8. The molecule has 0 bridgehead atoms. The molecule has 1 heterocycles. The Bertz CT molecular complexity index is 844. The minimum absolute atomic E-state index is 0. The summed E-state index contributed by atoms with van der Waals surface area (Å²) in [5, 5.41) is 16.7. The SMILES string of the molecule is CCNC(=NCc1ccc(NC(=O)NC(C)C)cc1)NCc1c(C)nn(C)c1C.I. The smallest absolute Gasteiger partial charge is 0.319 e. The third-order valence-electron chi connectivity index (χ3n) is 4.49. The molecule has 2 amide bonds. The summed E-state index contributed by atoms with van der Waals surface area (Å²) in [6, 6.07) is 7.59. The number of halogens is 1. The molecule has 2 rings (SSSR count). The van der Waals surface area contributed by atoms with Crippen LogP contribution in [0.2, 0.25) is 0 Å². The zero-order valence-corrected chi connectivity index (χ0v) is 21.0. The van der Waals surface area contributed by atoms with Crippen molar-refractivity contribution in [3.05, 3.63) is 46.8 Å². The van der Waals surface area contributed by atoms with Gasteiger partial charge in [0.25, 0.3) is 0 Å². The van der Waals surface area contributed by atoms with Crippen molar-refractivity contribution in [2.24, 2.45) is 12.0 Å². The minimum atomic E-state index is -0.203. The van der Waals surface area contributed by atoms with Gasteiger partial charge < -0.3 is 21.3 Å². The maximum Gasteiger partial charge on any atom is 0.319 e. The maximum absolute atomic E-state index is 11.8. The van der Waals surface area contributed by atoms with Crippen molar-refractivity contribution < 1.29 is 4.79 Å². The molecule has 0 aliphatic carbocycles. The van der Waals surface area contributed by atoms with Gasteiger partial charge in [-0.05, 0) is 52.3 Å². The Kier molecular flexibility index (Phi) is 10.6. The molecule has 1 aromatic carbocycles. The van der Waals surface area contributed by atoms with Crippen molar-refractivity contribution in [1.82, 2.24) is 25.7 Å². The zero-order chi connectivity index (χ0) is 21.4. The molecule has 8 nitrogen and oxygen atoms in total. The summed E-state index contributed by atoms with van der Waals surface area (Å²) >= 11 is 0. The van der Waals surface area contributed by atoms with Crippen LogP contribution in [0.4, 0.5) is 10.5 Å². The molecule has 0 radical (unpaired) electrons. The standard InChI is InChI=1S/C21H33N7O.HI/c1-7-22-20(24-13-19-15(4)27-28(6)16(19)5)23-12-17-8-10-18(11-9-17)26-21(29)25-14(2)3;/h8-11,14H,7,12-13H2,1-6H3,(H2,22,23,24)(H2,25,26,29);1H. The fourth-order valence-electron chi connectivity index (χ4n) is 2.88. The lowest BCUT2D eigenvalue weighted by Crippen LogP contribution is -2.37. The largest absolute Gasteiger partial charge is 0.357 e. The number of rotatable bonds is 7. The maximum atomic E-state index is 11.8. The molecule has 0 unspecified atom stereocenters. The van der Waals surface area contributed by atoms with Gasteiger partial charge in [0.2, 0.25) is 0 Å². The molecular formula is C21H34IN7O. The van der Waals surface area contributed by atoms with Gasteiger partial charge in [-0.1, -0.05) is 12.1 Å². The monoisotopic (exact) mass is 527 g/mol. The highest BCUT2D eigenvalue weighted by molar-refractivity contribution is 14.0. The van der Waals surface area contributed by atoms with Crippen molar-refractivity contribution in [2.75, 3.05) is 11.9 Å². The Balaban J connectivity index is 0.00000450. The highest BCUT2D eigenvalue weighted by Crippen LogP contribution is 2.12. The molecule has 166 valence electrons. The molecule has 1 aromatic heterocycles. The zero-order valence-electron chi connectivity index (χ0n) is 18.7. The Hall–Kier alpha value is -2.30. The normalized spacial score (nSPS) is 11.1. The molecule has 9 heteroatoms. The number of aliphatic imine (C=N–C) groups is 1. The number of benzene rings is 1. The molecule has 0 atom stereocenters. The summed E-state index contributed by atoms with van der Waals surface area (Å²) in [6.07, 6.45) is 0. The van der Waals surface area contributed by atoms with Crippen LogP contribution in [0.25, 0.3) is 0 Å². The van der Waals surface area contributed by atoms with Crippen LogP contribution in [0.5, 0.6) is 0 Å². The van der Waals surface area contributed by atoms with E-state index in [2.05, 4.69) is 38.3 Å². The summed E-state index contributed by atoms with van der Waals surface area (Å²) in [5.41, 5.74) is 5.18. The van der Waals surface area contributed by atoms with E-state index in [4.69, 9.17) is 0 Å². The van der Waals surface area contributed by atoms with E-state index in [1.807, 2.05) is 63.7 Å². The number of carbonyl (C=O) groups excluding carboxylic acids is 1. The van der Waals surface area contributed by atoms with Crippen LogP contribution in [0.1, 0.15) is 43.3 Å². The van der Waals surface area contributed by atoms with Crippen molar-refractivity contribution in [2.45, 2.75) is 53.8 Å². The van der Waals surface area contributed by atoms with Crippen LogP contribution in [0.15, 0.2) is 29.3 Å². The molecule has 4 N–H and O–H groups in total. The fraction of sp³-hybridized carbons (Fsp3) is 0.476. The minimum Gasteiger partial charge on any atom is -0.357 e. The molecule has 30 heavy (non-hydrogen) atoms. The molecule has 0 spiro atoms. The van der Waals surface area contributed by atoms with Gasteiger partial charge >= 0.3 is 6.03 Å². The predicted molar refractivity (Wildman–Crippen MR) is 133 cm³/mol. The van der Waals surface area contributed by atoms with Gasteiger partial charge in [0.1, 0.15) is 0 Å². The number of carbonyl (C=O) groups is 1. The molecule has 0 saturated carbocycles. The second kappa shape index (κ2) is 12.4. The number of nitrogens with one attached hydrogen (secondary N) is 4. The number of amides is 2. The van der Waals surface area contributed by atoms with E-state index in [0.29, 0.717) is 13.1 Å². The summed E-state index contributed by atoms with van der Waals surface area (Å²) in [5.74, 6) is 0.758. The molecule has 2 aromatic rings. The third kappa shape index (κ3) is 7.85. The van der Waals surface area contributed by atoms with Crippen LogP contribution < -0.4 is 21.3 Å². The van der Waals surface area contributed by atoms with Gasteiger partial charge in [-0.25, -0.2) is 9.79 Å². The van der Waals surface area contributed by atoms with Crippen molar-refractivity contribution in [1.29, 1.82) is 0 Å². The Morgan fingerprint density at radius 2 is 1.83 bits per heavy atom. The Morgan fingerprint density at radius 3 is 2.37 bits per heavy atom. The van der Waals surface area contributed by atoms with Gasteiger partial charge in [-0.15, -0.1) is 24.0 Å². The number of hydrogen-bond donors (Lipinski definition) is 4. The van der Waals surface area contributed by atoms with Crippen LogP contribution in [0.3, 0.4) is 0 Å². The van der Waals surface area contributed by atoms with Gasteiger partial charge in [-0.3, -0.25) is 4.68 Å². The van der Waals surface area contributed by atoms with Crippen molar-refractivity contribution in [3.8, 4) is 0 Å². The van der Waals surface area contributed by atoms with E-state index in [1.54, 1.807) is 0 Å². The van der Waals surface area contributed by atoms with E-state index in [0.717, 1.165) is 35.1 Å². The second-order valence-electron chi connectivity index (χ2n) is 7.27. The van der Waals surface area contributed by atoms with Crippen LogP contribution >= 0.6 is 24.0 Å². The van der Waals surface area contributed by atoms with Gasteiger partial charge in [0.05, 0.1) is 12.2 Å². The number of hydrogen-bond acceptors (Lipinski definition) is 3. The number of aryl methyl sites for hydroxylation is 2. The summed E-state index contributed by atoms with van der Waals surface area (Å²) in [7, 11) is 1.95. The second-order valence-corrected chi connectivity index (χ2v) is 7.27. The van der Waals surface area contributed by atoms with Crippen molar-refractivity contribution in [3.63, 3.8) is 0 Å². The Labute approximate surface area is 196 Å². The summed E-state index contributed by atoms with van der Waals surface area (Å²) < 4.78 is 1.90. The van der Waals surface area contributed by atoms with Crippen LogP contribution in [0, 0.1) is 13.8 Å². The number of guanidine groups is 1. The van der Waals surface area contributed by atoms with Crippen LogP contribution in [-0.2, 0) is 20.1 Å². The lowest BCUT2D eigenvalue weighted by molar-refractivity contribution is 0.250. The molecule has 0 aliphatic heterocycles. The quantitative estimate of drug-likeness (QED) is 0.252. The van der Waals surface area contributed by atoms with E-state index < -0.39 is 0 Å². The predicted octanol–water partition coefficient (Wildman–Crippen LogP) is 3.44. The van der Waals surface area contributed by atoms with Crippen LogP contribution in [-0.4, -0.2) is 34.4 Å². The Morgan fingerprint density at radius 1 is 1.17 bits per heavy atom. The topological polar surface area (TPSA) is 95.4 Å². The van der Waals surface area contributed by atoms with E-state index in [9.17, 15) is 4.79 Å². The highest BCUT2D eigenvalue weighted by Gasteiger charge is 2.09. The average molecular weight is 527 g/mol. The van der Waals surface area contributed by atoms with E-state index in [1.165, 1.54) is 5.56 Å². The lowest BCUT2D eigenvalue weighted by atomic mass is 10.2. The molecule has 0 fully saturated rings. The number of aromatic nitrogens is 2. The van der Waals surface area contributed by atoms with E-state index >= 15 is 0 Å². The molecule has 0 saturated heterocycles. The van der Waals surface area contributed by atoms with Gasteiger partial charge in [-0.2, -0.15) is 5.10 Å². The molecule has 0 aliphatic rings. The highest BCUT2D eigenvalue weighted by atomic mass is 127. The lowest BCUT2D eigenvalue weighted by Gasteiger charge is -2.12. The first-order valence-corrected chi connectivity index (χ1v) is 9.97. The first-order valence-electron chi connectivity index (χ1n) is 9.97. The van der Waals surface area contributed by atoms with Gasteiger partial charge in [0, 0.05) is 43.1 Å². The average Bonchev–Trinajstić information content (AvgIpc) is 2.90. The van der Waals surface area contributed by atoms with Crippen molar-refractivity contribution >= 4 is 41.7 Å². The number of urea groups is 1. The van der Waals surface area contributed by atoms with Gasteiger partial charge in [0.15, 0.2) is 5.96 Å². The third-order valence-corrected chi connectivity index (χ3v) is 4.49. The molecular weight excluding hydrogens is 493 g/mol. The fourth-order valence-corrected chi connectivity index (χ4v) is 2.88. The van der Waals surface area contributed by atoms with E-state index in [-0.39, 0.29) is 36.0 Å².